The van der Waals surface area contributed by atoms with E-state index in [9.17, 15) is 4.79 Å². The molecule has 25 heavy (non-hydrogen) atoms. The first-order chi connectivity index (χ1) is 12.1. The van der Waals surface area contributed by atoms with E-state index in [1.807, 2.05) is 24.3 Å². The minimum absolute atomic E-state index is 0.0124. The molecule has 0 saturated carbocycles. The highest BCUT2D eigenvalue weighted by atomic mass is 32.2. The number of nitrogens with one attached hydrogen (secondary N) is 1. The molecule has 0 spiro atoms. The normalized spacial score (nSPS) is 13.5. The minimum atomic E-state index is 0.0124. The first-order valence-electron chi connectivity index (χ1n) is 8.55. The van der Waals surface area contributed by atoms with Crippen LogP contribution in [-0.4, -0.2) is 16.8 Å². The van der Waals surface area contributed by atoms with Gasteiger partial charge in [0.15, 0.2) is 5.11 Å². The third-order valence-corrected chi connectivity index (χ3v) is 5.50. The van der Waals surface area contributed by atoms with Crippen LogP contribution < -0.4 is 10.2 Å². The molecule has 0 unspecified atom stereocenters. The molecule has 2 aromatic rings. The third-order valence-electron chi connectivity index (χ3n) is 4.18. The van der Waals surface area contributed by atoms with Crippen molar-refractivity contribution < 1.29 is 4.79 Å². The van der Waals surface area contributed by atoms with Crippen LogP contribution in [0.5, 0.6) is 0 Å². The van der Waals surface area contributed by atoms with Crippen LogP contribution in [-0.2, 0) is 11.2 Å². The summed E-state index contributed by atoms with van der Waals surface area (Å²) in [6.07, 6.45) is 3.48. The molecule has 0 atom stereocenters. The molecule has 5 heteroatoms. The van der Waals surface area contributed by atoms with Crippen molar-refractivity contribution in [3.05, 3.63) is 53.6 Å². The van der Waals surface area contributed by atoms with Gasteiger partial charge in [0.1, 0.15) is 0 Å². The van der Waals surface area contributed by atoms with Gasteiger partial charge in [0.25, 0.3) is 0 Å². The van der Waals surface area contributed by atoms with E-state index < -0.39 is 0 Å². The predicted octanol–water partition coefficient (Wildman–Crippen LogP) is 5.17. The van der Waals surface area contributed by atoms with Crippen molar-refractivity contribution in [1.82, 2.24) is 0 Å². The van der Waals surface area contributed by atoms with Crippen LogP contribution in [0.25, 0.3) is 0 Å². The first kappa shape index (κ1) is 18.0. The number of benzene rings is 2. The zero-order valence-electron chi connectivity index (χ0n) is 14.5. The summed E-state index contributed by atoms with van der Waals surface area (Å²) in [7, 11) is 0. The summed E-state index contributed by atoms with van der Waals surface area (Å²) in [5.41, 5.74) is 4.28. The van der Waals surface area contributed by atoms with Gasteiger partial charge in [-0.3, -0.25) is 9.69 Å². The third kappa shape index (κ3) is 4.22. The van der Waals surface area contributed by atoms with Crippen LogP contribution in [0, 0.1) is 6.92 Å². The molecule has 3 nitrogen and oxygen atoms in total. The highest BCUT2D eigenvalue weighted by Gasteiger charge is 2.28. The molecule has 0 aliphatic carbocycles. The Balaban J connectivity index is 1.76. The second-order valence-electron chi connectivity index (χ2n) is 6.22. The van der Waals surface area contributed by atoms with Gasteiger partial charge in [-0.1, -0.05) is 31.5 Å². The smallest absolute Gasteiger partial charge is 0.243 e. The molecule has 0 bridgehead atoms. The molecular weight excluding hydrogens is 348 g/mol. The SMILES string of the molecule is CCCCc1ccc(NC(=S)N2C(=O)CSc3cc(C)ccc32)cc1. The van der Waals surface area contributed by atoms with Crippen LogP contribution in [0.15, 0.2) is 47.4 Å². The Morgan fingerprint density at radius 3 is 2.72 bits per heavy atom. The maximum Gasteiger partial charge on any atom is 0.243 e. The van der Waals surface area contributed by atoms with Gasteiger partial charge < -0.3 is 5.32 Å². The zero-order chi connectivity index (χ0) is 17.8. The van der Waals surface area contributed by atoms with E-state index >= 15 is 0 Å². The van der Waals surface area contributed by atoms with Gasteiger partial charge in [-0.2, -0.15) is 0 Å². The van der Waals surface area contributed by atoms with E-state index in [0.29, 0.717) is 10.9 Å². The van der Waals surface area contributed by atoms with E-state index in [0.717, 1.165) is 22.7 Å². The standard InChI is InChI=1S/C20H22N2OS2/c1-3-4-5-15-7-9-16(10-8-15)21-20(24)22-17-11-6-14(2)12-18(17)25-13-19(22)23/h6-12H,3-5,13H2,1-2H3,(H,21,24). The number of unbranched alkanes of at least 4 members (excludes halogenated alkanes) is 1. The second kappa shape index (κ2) is 8.02. The summed E-state index contributed by atoms with van der Waals surface area (Å²) < 4.78 is 0. The van der Waals surface area contributed by atoms with Gasteiger partial charge >= 0.3 is 0 Å². The molecule has 0 saturated heterocycles. The fraction of sp³-hybridized carbons (Fsp3) is 0.300. The summed E-state index contributed by atoms with van der Waals surface area (Å²) in [4.78, 5) is 15.1. The Bertz CT molecular complexity index is 787. The number of aryl methyl sites for hydroxylation is 2. The van der Waals surface area contributed by atoms with Crippen LogP contribution in [0.3, 0.4) is 0 Å². The Morgan fingerprint density at radius 2 is 2.00 bits per heavy atom. The van der Waals surface area contributed by atoms with Crippen molar-refractivity contribution in [3.8, 4) is 0 Å². The average molecular weight is 371 g/mol. The molecular formula is C20H22N2OS2. The number of carbonyl (C=O) groups excluding carboxylic acids is 1. The quantitative estimate of drug-likeness (QED) is 0.752. The topological polar surface area (TPSA) is 32.3 Å². The summed E-state index contributed by atoms with van der Waals surface area (Å²) in [5.74, 6) is 0.423. The van der Waals surface area contributed by atoms with Crippen LogP contribution in [0.1, 0.15) is 30.9 Å². The lowest BCUT2D eigenvalue weighted by Gasteiger charge is -2.29. The lowest BCUT2D eigenvalue weighted by molar-refractivity contribution is -0.115. The summed E-state index contributed by atoms with van der Waals surface area (Å²) >= 11 is 7.10. The fourth-order valence-corrected chi connectivity index (χ4v) is 4.10. The molecule has 0 aromatic heterocycles. The van der Waals surface area contributed by atoms with E-state index in [-0.39, 0.29) is 5.91 Å². The first-order valence-corrected chi connectivity index (χ1v) is 9.94. The van der Waals surface area contributed by atoms with Gasteiger partial charge in [0, 0.05) is 10.6 Å². The highest BCUT2D eigenvalue weighted by Crippen LogP contribution is 2.36. The maximum atomic E-state index is 12.4. The molecule has 1 N–H and O–H groups in total. The molecule has 1 aliphatic rings. The van der Waals surface area contributed by atoms with Crippen LogP contribution >= 0.6 is 24.0 Å². The van der Waals surface area contributed by atoms with Crippen molar-refractivity contribution in [1.29, 1.82) is 0 Å². The molecule has 0 radical (unpaired) electrons. The molecule has 1 amide bonds. The van der Waals surface area contributed by atoms with E-state index in [1.54, 1.807) is 16.7 Å². The number of thioether (sulfide) groups is 1. The highest BCUT2D eigenvalue weighted by molar-refractivity contribution is 8.00. The predicted molar refractivity (Wildman–Crippen MR) is 111 cm³/mol. The monoisotopic (exact) mass is 370 g/mol. The molecule has 3 rings (SSSR count). The summed E-state index contributed by atoms with van der Waals surface area (Å²) in [5, 5.41) is 3.64. The van der Waals surface area contributed by atoms with E-state index in [4.69, 9.17) is 12.2 Å². The second-order valence-corrected chi connectivity index (χ2v) is 7.62. The maximum absolute atomic E-state index is 12.4. The Labute approximate surface area is 158 Å². The van der Waals surface area contributed by atoms with Gasteiger partial charge in [0.2, 0.25) is 5.91 Å². The molecule has 130 valence electrons. The van der Waals surface area contributed by atoms with Crippen molar-refractivity contribution in [3.63, 3.8) is 0 Å². The number of hydrogen-bond acceptors (Lipinski definition) is 3. The number of rotatable bonds is 4. The van der Waals surface area contributed by atoms with Gasteiger partial charge in [0.05, 0.1) is 11.4 Å². The van der Waals surface area contributed by atoms with Crippen molar-refractivity contribution >= 4 is 46.4 Å². The van der Waals surface area contributed by atoms with E-state index in [1.165, 1.54) is 24.0 Å². The number of carbonyl (C=O) groups is 1. The number of fused-ring (bicyclic) bond motifs is 1. The largest absolute Gasteiger partial charge is 0.332 e. The van der Waals surface area contributed by atoms with Crippen molar-refractivity contribution in [2.75, 3.05) is 16.0 Å². The lowest BCUT2D eigenvalue weighted by atomic mass is 10.1. The molecule has 2 aromatic carbocycles. The molecule has 1 aliphatic heterocycles. The number of hydrogen-bond donors (Lipinski definition) is 1. The number of amides is 1. The minimum Gasteiger partial charge on any atom is -0.332 e. The Morgan fingerprint density at radius 1 is 1.24 bits per heavy atom. The summed E-state index contributed by atoms with van der Waals surface area (Å²) in [6.45, 7) is 4.25. The Kier molecular flexibility index (Phi) is 5.76. The fourth-order valence-electron chi connectivity index (χ4n) is 2.80. The molecule has 0 fully saturated rings. The van der Waals surface area contributed by atoms with Crippen LogP contribution in [0.4, 0.5) is 11.4 Å². The number of nitrogens with zero attached hydrogens (tertiary/aromatic N) is 1. The Hall–Kier alpha value is -1.85. The van der Waals surface area contributed by atoms with E-state index in [2.05, 4.69) is 37.4 Å². The summed E-state index contributed by atoms with van der Waals surface area (Å²) in [6, 6.07) is 14.4. The number of anilines is 2. The number of thiocarbonyl (C=S) groups is 1. The van der Waals surface area contributed by atoms with Gasteiger partial charge in [-0.05, 0) is 67.4 Å². The zero-order valence-corrected chi connectivity index (χ0v) is 16.2. The lowest BCUT2D eigenvalue weighted by Crippen LogP contribution is -2.43. The van der Waals surface area contributed by atoms with Gasteiger partial charge in [-0.15, -0.1) is 11.8 Å². The van der Waals surface area contributed by atoms with Crippen LogP contribution in [0.2, 0.25) is 0 Å². The average Bonchev–Trinajstić information content (AvgIpc) is 2.61. The van der Waals surface area contributed by atoms with Crippen molar-refractivity contribution in [2.45, 2.75) is 38.0 Å². The van der Waals surface area contributed by atoms with Gasteiger partial charge in [-0.25, -0.2) is 0 Å². The van der Waals surface area contributed by atoms with Crippen molar-refractivity contribution in [2.24, 2.45) is 0 Å². The molecule has 1 heterocycles.